The number of aromatic nitrogens is 3. The largest absolute Gasteiger partial charge is 0.325 e. The number of pyridine rings is 1. The Morgan fingerprint density at radius 3 is 2.86 bits per heavy atom. The first-order chi connectivity index (χ1) is 10.2. The van der Waals surface area contributed by atoms with Crippen LogP contribution in [-0.4, -0.2) is 38.7 Å². The third-order valence-electron chi connectivity index (χ3n) is 3.52. The Balaban J connectivity index is 1.59. The molecule has 21 heavy (non-hydrogen) atoms. The first kappa shape index (κ1) is 14.1. The third kappa shape index (κ3) is 3.43. The van der Waals surface area contributed by atoms with Gasteiger partial charge >= 0.3 is 5.69 Å². The number of H-pyrrole nitrogens is 2. The maximum atomic E-state index is 11.7. The number of hydrogen-bond acceptors (Lipinski definition) is 5. The average molecular weight is 304 g/mol. The average Bonchev–Trinajstić information content (AvgIpc) is 2.48. The topological polar surface area (TPSA) is 81.8 Å². The molecule has 0 radical (unpaired) electrons. The molecule has 3 heterocycles. The van der Waals surface area contributed by atoms with Gasteiger partial charge in [0, 0.05) is 53.9 Å². The second-order valence-corrected chi connectivity index (χ2v) is 6.09. The van der Waals surface area contributed by atoms with Crippen molar-refractivity contribution in [2.75, 3.05) is 18.8 Å². The number of nitrogens with zero attached hydrogens (tertiary/aromatic N) is 2. The number of fused-ring (bicyclic) bond motifs is 1. The summed E-state index contributed by atoms with van der Waals surface area (Å²) in [5.41, 5.74) is 0.794. The summed E-state index contributed by atoms with van der Waals surface area (Å²) in [5, 5.41) is 0. The fourth-order valence-electron chi connectivity index (χ4n) is 2.45. The summed E-state index contributed by atoms with van der Waals surface area (Å²) in [6.45, 7) is 2.39. The molecule has 1 aliphatic rings. The fraction of sp³-hybridized carbons (Fsp3) is 0.357. The lowest BCUT2D eigenvalue weighted by molar-refractivity contribution is 0.264. The Morgan fingerprint density at radius 1 is 1.24 bits per heavy atom. The maximum Gasteiger partial charge on any atom is 0.325 e. The van der Waals surface area contributed by atoms with Crippen LogP contribution in [0.3, 0.4) is 0 Å². The highest BCUT2D eigenvalue weighted by molar-refractivity contribution is 7.99. The van der Waals surface area contributed by atoms with Gasteiger partial charge in [-0.2, -0.15) is 0 Å². The standard InChI is InChI=1S/C14H16N4O2S/c19-13-11-3-6-18(9-12(11)16-14(20)17-13)7-8-21-10-1-4-15-5-2-10/h1-2,4-5H,3,6-9H2,(H2,16,17,19,20). The van der Waals surface area contributed by atoms with E-state index in [4.69, 9.17) is 0 Å². The van der Waals surface area contributed by atoms with Gasteiger partial charge in [-0.1, -0.05) is 0 Å². The van der Waals surface area contributed by atoms with Crippen molar-refractivity contribution in [3.05, 3.63) is 56.6 Å². The molecule has 0 aromatic carbocycles. The van der Waals surface area contributed by atoms with E-state index in [1.54, 1.807) is 24.2 Å². The van der Waals surface area contributed by atoms with Gasteiger partial charge in [-0.05, 0) is 18.6 Å². The number of thioether (sulfide) groups is 1. The first-order valence-corrected chi connectivity index (χ1v) is 7.80. The molecule has 0 saturated heterocycles. The Bertz CT molecular complexity index is 726. The molecule has 0 amide bonds. The minimum Gasteiger partial charge on any atom is -0.310 e. The van der Waals surface area contributed by atoms with Gasteiger partial charge in [0.1, 0.15) is 0 Å². The van der Waals surface area contributed by atoms with Crippen molar-refractivity contribution in [1.82, 2.24) is 19.9 Å². The zero-order valence-electron chi connectivity index (χ0n) is 11.5. The van der Waals surface area contributed by atoms with Crippen molar-refractivity contribution >= 4 is 11.8 Å². The van der Waals surface area contributed by atoms with Gasteiger partial charge in [-0.3, -0.25) is 19.7 Å². The minimum atomic E-state index is -0.424. The summed E-state index contributed by atoms with van der Waals surface area (Å²) in [6, 6.07) is 3.99. The monoisotopic (exact) mass is 304 g/mol. The van der Waals surface area contributed by atoms with Crippen LogP contribution < -0.4 is 11.2 Å². The lowest BCUT2D eigenvalue weighted by Gasteiger charge is -2.27. The van der Waals surface area contributed by atoms with E-state index in [1.165, 1.54) is 4.90 Å². The molecule has 1 aliphatic heterocycles. The number of aromatic amines is 2. The van der Waals surface area contributed by atoms with E-state index in [2.05, 4.69) is 19.9 Å². The molecule has 0 fully saturated rings. The van der Waals surface area contributed by atoms with E-state index >= 15 is 0 Å². The van der Waals surface area contributed by atoms with Crippen molar-refractivity contribution in [3.63, 3.8) is 0 Å². The van der Waals surface area contributed by atoms with E-state index in [1.807, 2.05) is 12.1 Å². The highest BCUT2D eigenvalue weighted by Crippen LogP contribution is 2.18. The minimum absolute atomic E-state index is 0.250. The Kier molecular flexibility index (Phi) is 4.21. The molecular formula is C14H16N4O2S. The lowest BCUT2D eigenvalue weighted by atomic mass is 10.1. The second kappa shape index (κ2) is 6.28. The summed E-state index contributed by atoms with van der Waals surface area (Å²) in [7, 11) is 0. The van der Waals surface area contributed by atoms with Gasteiger partial charge in [-0.25, -0.2) is 4.79 Å². The van der Waals surface area contributed by atoms with Crippen LogP contribution in [-0.2, 0) is 13.0 Å². The SMILES string of the molecule is O=c1[nH]c2c(c(=O)[nH]1)CCN(CCSc1ccncc1)C2. The fourth-order valence-corrected chi connectivity index (χ4v) is 3.35. The summed E-state index contributed by atoms with van der Waals surface area (Å²) < 4.78 is 0. The Hall–Kier alpha value is -1.86. The molecule has 0 saturated carbocycles. The smallest absolute Gasteiger partial charge is 0.310 e. The van der Waals surface area contributed by atoms with Crippen LogP contribution in [0, 0.1) is 0 Å². The predicted molar refractivity (Wildman–Crippen MR) is 81.6 cm³/mol. The van der Waals surface area contributed by atoms with E-state index in [-0.39, 0.29) is 5.56 Å². The second-order valence-electron chi connectivity index (χ2n) is 4.92. The van der Waals surface area contributed by atoms with Crippen LogP contribution in [0.5, 0.6) is 0 Å². The molecule has 0 unspecified atom stereocenters. The summed E-state index contributed by atoms with van der Waals surface area (Å²) >= 11 is 1.78. The lowest BCUT2D eigenvalue weighted by Crippen LogP contribution is -2.39. The molecule has 0 spiro atoms. The molecule has 0 aliphatic carbocycles. The predicted octanol–water partition coefficient (Wildman–Crippen LogP) is 0.609. The number of hydrogen-bond donors (Lipinski definition) is 2. The van der Waals surface area contributed by atoms with Gasteiger partial charge in [-0.15, -0.1) is 11.8 Å². The van der Waals surface area contributed by atoms with Crippen molar-refractivity contribution in [2.24, 2.45) is 0 Å². The first-order valence-electron chi connectivity index (χ1n) is 6.82. The Labute approximate surface area is 125 Å². The van der Waals surface area contributed by atoms with Crippen LogP contribution in [0.25, 0.3) is 0 Å². The molecule has 6 nitrogen and oxygen atoms in total. The quantitative estimate of drug-likeness (QED) is 0.809. The molecule has 0 atom stereocenters. The zero-order chi connectivity index (χ0) is 14.7. The van der Waals surface area contributed by atoms with E-state index in [0.29, 0.717) is 18.5 Å². The van der Waals surface area contributed by atoms with Crippen LogP contribution in [0.1, 0.15) is 11.3 Å². The van der Waals surface area contributed by atoms with Crippen LogP contribution in [0.4, 0.5) is 0 Å². The molecule has 110 valence electrons. The number of nitrogens with one attached hydrogen (secondary N) is 2. The Morgan fingerprint density at radius 2 is 2.05 bits per heavy atom. The molecule has 2 aromatic rings. The molecule has 2 aromatic heterocycles. The van der Waals surface area contributed by atoms with Crippen molar-refractivity contribution in [3.8, 4) is 0 Å². The van der Waals surface area contributed by atoms with Crippen LogP contribution in [0.2, 0.25) is 0 Å². The summed E-state index contributed by atoms with van der Waals surface area (Å²) in [6.07, 6.45) is 4.26. The molecular weight excluding hydrogens is 288 g/mol. The van der Waals surface area contributed by atoms with Gasteiger partial charge < -0.3 is 4.98 Å². The van der Waals surface area contributed by atoms with Crippen molar-refractivity contribution in [1.29, 1.82) is 0 Å². The van der Waals surface area contributed by atoms with Crippen LogP contribution >= 0.6 is 11.8 Å². The third-order valence-corrected chi connectivity index (χ3v) is 4.51. The molecule has 7 heteroatoms. The van der Waals surface area contributed by atoms with E-state index in [9.17, 15) is 9.59 Å². The molecule has 3 rings (SSSR count). The van der Waals surface area contributed by atoms with Gasteiger partial charge in [0.05, 0.1) is 0 Å². The molecule has 0 bridgehead atoms. The highest BCUT2D eigenvalue weighted by Gasteiger charge is 2.19. The van der Waals surface area contributed by atoms with Crippen LogP contribution in [0.15, 0.2) is 39.0 Å². The zero-order valence-corrected chi connectivity index (χ0v) is 12.3. The van der Waals surface area contributed by atoms with E-state index in [0.717, 1.165) is 24.5 Å². The van der Waals surface area contributed by atoms with Crippen molar-refractivity contribution in [2.45, 2.75) is 17.9 Å². The summed E-state index contributed by atoms with van der Waals surface area (Å²) in [5.74, 6) is 0.965. The van der Waals surface area contributed by atoms with E-state index < -0.39 is 5.69 Å². The number of rotatable bonds is 4. The maximum absolute atomic E-state index is 11.7. The van der Waals surface area contributed by atoms with Crippen molar-refractivity contribution < 1.29 is 0 Å². The van der Waals surface area contributed by atoms with Gasteiger partial charge in [0.25, 0.3) is 5.56 Å². The highest BCUT2D eigenvalue weighted by atomic mass is 32.2. The van der Waals surface area contributed by atoms with Gasteiger partial charge in [0.2, 0.25) is 0 Å². The van der Waals surface area contributed by atoms with Gasteiger partial charge in [0.15, 0.2) is 0 Å². The molecule has 2 N–H and O–H groups in total. The summed E-state index contributed by atoms with van der Waals surface area (Å²) in [4.78, 5) is 35.5. The normalized spacial score (nSPS) is 14.9.